The molecule has 0 aliphatic carbocycles. The molecule has 158 valence electrons. The number of nitrogens with one attached hydrogen (secondary N) is 3. The van der Waals surface area contributed by atoms with Crippen molar-refractivity contribution in [2.45, 2.75) is 37.9 Å². The molecule has 0 saturated carbocycles. The smallest absolute Gasteiger partial charge is 0.325 e. The van der Waals surface area contributed by atoms with Crippen LogP contribution in [0.5, 0.6) is 0 Å². The Labute approximate surface area is 167 Å². The second-order valence-corrected chi connectivity index (χ2v) is 6.31. The fourth-order valence-electron chi connectivity index (χ4n) is 2.37. The number of carboxylic acid groups (broad SMARTS) is 1. The first-order valence-electron chi connectivity index (χ1n) is 8.79. The topological polar surface area (TPSA) is 194 Å². The Hall–Kier alpha value is -3.47. The molecule has 4 amide bonds. The number of aliphatic carboxylic acids is 1. The highest BCUT2D eigenvalue weighted by molar-refractivity contribution is 5.95. The van der Waals surface area contributed by atoms with Gasteiger partial charge in [0.25, 0.3) is 0 Å². The van der Waals surface area contributed by atoms with Gasteiger partial charge in [-0.15, -0.1) is 0 Å². The number of rotatable bonds is 11. The van der Waals surface area contributed by atoms with E-state index in [-0.39, 0.29) is 13.0 Å². The van der Waals surface area contributed by atoms with Gasteiger partial charge < -0.3 is 32.5 Å². The molecule has 0 spiro atoms. The predicted octanol–water partition coefficient (Wildman–Crippen LogP) is -2.38. The van der Waals surface area contributed by atoms with Gasteiger partial charge in [0.2, 0.25) is 23.6 Å². The Morgan fingerprint density at radius 1 is 0.966 bits per heavy atom. The van der Waals surface area contributed by atoms with Gasteiger partial charge in [-0.1, -0.05) is 30.3 Å². The molecule has 11 nitrogen and oxygen atoms in total. The van der Waals surface area contributed by atoms with Gasteiger partial charge >= 0.3 is 5.97 Å². The third-order valence-electron chi connectivity index (χ3n) is 3.89. The van der Waals surface area contributed by atoms with E-state index >= 15 is 0 Å². The number of carbonyl (C=O) groups is 5. The van der Waals surface area contributed by atoms with E-state index in [4.69, 9.17) is 16.6 Å². The molecule has 3 unspecified atom stereocenters. The molecular formula is C18H25N5O6. The van der Waals surface area contributed by atoms with E-state index < -0.39 is 54.1 Å². The van der Waals surface area contributed by atoms with Crippen LogP contribution in [-0.2, 0) is 30.4 Å². The lowest BCUT2D eigenvalue weighted by atomic mass is 10.0. The van der Waals surface area contributed by atoms with Crippen molar-refractivity contribution in [3.63, 3.8) is 0 Å². The summed E-state index contributed by atoms with van der Waals surface area (Å²) in [6.45, 7) is 0.878. The Bertz CT molecular complexity index is 754. The predicted molar refractivity (Wildman–Crippen MR) is 102 cm³/mol. The fraction of sp³-hybridized carbons (Fsp3) is 0.389. The number of benzene rings is 1. The highest BCUT2D eigenvalue weighted by atomic mass is 16.4. The standard InChI is InChI=1S/C18H25N5O6/c1-10(18(28)29)21-16(26)13(8-14(20)24)23-17(27)12(22-15(25)9-19)7-11-5-3-2-4-6-11/h2-6,10,12-13H,7-9,19H2,1H3,(H2,20,24)(H,21,26)(H,22,25)(H,23,27)(H,28,29). The van der Waals surface area contributed by atoms with E-state index in [1.165, 1.54) is 6.92 Å². The van der Waals surface area contributed by atoms with Crippen molar-refractivity contribution in [1.82, 2.24) is 16.0 Å². The monoisotopic (exact) mass is 407 g/mol. The van der Waals surface area contributed by atoms with Crippen molar-refractivity contribution in [2.75, 3.05) is 6.54 Å². The van der Waals surface area contributed by atoms with Crippen LogP contribution in [0.2, 0.25) is 0 Å². The van der Waals surface area contributed by atoms with Crippen molar-refractivity contribution in [3.05, 3.63) is 35.9 Å². The number of carbonyl (C=O) groups excluding carboxylic acids is 4. The number of hydrogen-bond acceptors (Lipinski definition) is 6. The van der Waals surface area contributed by atoms with Gasteiger partial charge in [-0.3, -0.25) is 24.0 Å². The quantitative estimate of drug-likeness (QED) is 0.236. The summed E-state index contributed by atoms with van der Waals surface area (Å²) in [6, 6.07) is 5.06. The van der Waals surface area contributed by atoms with E-state index in [0.29, 0.717) is 0 Å². The zero-order valence-electron chi connectivity index (χ0n) is 15.9. The third-order valence-corrected chi connectivity index (χ3v) is 3.89. The van der Waals surface area contributed by atoms with E-state index in [1.807, 2.05) is 0 Å². The van der Waals surface area contributed by atoms with Crippen molar-refractivity contribution in [3.8, 4) is 0 Å². The minimum absolute atomic E-state index is 0.106. The summed E-state index contributed by atoms with van der Waals surface area (Å²) in [6.07, 6.45) is -0.443. The molecule has 0 bridgehead atoms. The van der Waals surface area contributed by atoms with Gasteiger partial charge in [-0.05, 0) is 12.5 Å². The molecule has 0 radical (unpaired) electrons. The fourth-order valence-corrected chi connectivity index (χ4v) is 2.37. The maximum Gasteiger partial charge on any atom is 0.325 e. The first kappa shape index (κ1) is 23.6. The average molecular weight is 407 g/mol. The van der Waals surface area contributed by atoms with Crippen LogP contribution in [0.25, 0.3) is 0 Å². The molecule has 0 aliphatic rings. The second kappa shape index (κ2) is 11.4. The Morgan fingerprint density at radius 3 is 2.07 bits per heavy atom. The molecule has 1 rings (SSSR count). The lowest BCUT2D eigenvalue weighted by molar-refractivity contribution is -0.142. The molecule has 0 aliphatic heterocycles. The van der Waals surface area contributed by atoms with E-state index in [9.17, 15) is 24.0 Å². The third kappa shape index (κ3) is 8.39. The summed E-state index contributed by atoms with van der Waals surface area (Å²) in [4.78, 5) is 58.9. The largest absolute Gasteiger partial charge is 0.480 e. The van der Waals surface area contributed by atoms with E-state index in [2.05, 4.69) is 16.0 Å². The van der Waals surface area contributed by atoms with Crippen LogP contribution in [0.1, 0.15) is 18.9 Å². The molecule has 0 heterocycles. The molecule has 1 aromatic rings. The Kier molecular flexibility index (Phi) is 9.26. The maximum absolute atomic E-state index is 12.7. The van der Waals surface area contributed by atoms with Crippen LogP contribution in [0, 0.1) is 0 Å². The average Bonchev–Trinajstić information content (AvgIpc) is 2.66. The minimum atomic E-state index is -1.41. The second-order valence-electron chi connectivity index (χ2n) is 6.31. The lowest BCUT2D eigenvalue weighted by Gasteiger charge is -2.23. The summed E-state index contributed by atoms with van der Waals surface area (Å²) in [7, 11) is 0. The number of amides is 4. The van der Waals surface area contributed by atoms with Gasteiger partial charge in [0.15, 0.2) is 0 Å². The number of hydrogen-bond donors (Lipinski definition) is 6. The van der Waals surface area contributed by atoms with Crippen molar-refractivity contribution >= 4 is 29.6 Å². The zero-order valence-corrected chi connectivity index (χ0v) is 15.9. The maximum atomic E-state index is 12.7. The summed E-state index contributed by atoms with van der Waals surface area (Å²) in [5.41, 5.74) is 11.2. The molecule has 8 N–H and O–H groups in total. The van der Waals surface area contributed by atoms with Crippen LogP contribution in [0.15, 0.2) is 30.3 Å². The Balaban J connectivity index is 2.97. The summed E-state index contributed by atoms with van der Waals surface area (Å²) >= 11 is 0. The molecule has 29 heavy (non-hydrogen) atoms. The van der Waals surface area contributed by atoms with Crippen LogP contribution in [0.4, 0.5) is 0 Å². The Morgan fingerprint density at radius 2 is 1.55 bits per heavy atom. The molecule has 0 saturated heterocycles. The summed E-state index contributed by atoms with van der Waals surface area (Å²) in [5.74, 6) is -4.40. The van der Waals surface area contributed by atoms with Crippen molar-refractivity contribution in [1.29, 1.82) is 0 Å². The number of primary amides is 1. The van der Waals surface area contributed by atoms with Crippen LogP contribution >= 0.6 is 0 Å². The first-order valence-corrected chi connectivity index (χ1v) is 8.79. The van der Waals surface area contributed by atoms with Gasteiger partial charge in [0, 0.05) is 6.42 Å². The van der Waals surface area contributed by atoms with Crippen molar-refractivity contribution < 1.29 is 29.1 Å². The van der Waals surface area contributed by atoms with Gasteiger partial charge in [-0.2, -0.15) is 0 Å². The van der Waals surface area contributed by atoms with Crippen LogP contribution in [0.3, 0.4) is 0 Å². The number of carboxylic acids is 1. The first-order chi connectivity index (χ1) is 13.6. The van der Waals surface area contributed by atoms with Crippen LogP contribution in [-0.4, -0.2) is 59.4 Å². The van der Waals surface area contributed by atoms with E-state index in [1.54, 1.807) is 30.3 Å². The van der Waals surface area contributed by atoms with Crippen molar-refractivity contribution in [2.24, 2.45) is 11.5 Å². The molecule has 11 heteroatoms. The normalized spacial score (nSPS) is 13.4. The minimum Gasteiger partial charge on any atom is -0.480 e. The summed E-state index contributed by atoms with van der Waals surface area (Å²) < 4.78 is 0. The highest BCUT2D eigenvalue weighted by Gasteiger charge is 2.29. The lowest BCUT2D eigenvalue weighted by Crippen LogP contribution is -2.57. The molecule has 0 aromatic heterocycles. The molecule has 1 aromatic carbocycles. The van der Waals surface area contributed by atoms with Gasteiger partial charge in [0.1, 0.15) is 18.1 Å². The van der Waals surface area contributed by atoms with Gasteiger partial charge in [-0.25, -0.2) is 0 Å². The molecular weight excluding hydrogens is 382 g/mol. The number of nitrogens with two attached hydrogens (primary N) is 2. The molecule has 3 atom stereocenters. The summed E-state index contributed by atoms with van der Waals surface area (Å²) in [5, 5.41) is 15.9. The van der Waals surface area contributed by atoms with Gasteiger partial charge in [0.05, 0.1) is 13.0 Å². The highest BCUT2D eigenvalue weighted by Crippen LogP contribution is 2.05. The van der Waals surface area contributed by atoms with Crippen LogP contribution < -0.4 is 27.4 Å². The SMILES string of the molecule is CC(NC(=O)C(CC(N)=O)NC(=O)C(Cc1ccccc1)NC(=O)CN)C(=O)O. The van der Waals surface area contributed by atoms with E-state index in [0.717, 1.165) is 5.56 Å². The zero-order chi connectivity index (χ0) is 22.0. The molecule has 0 fully saturated rings.